The van der Waals surface area contributed by atoms with E-state index in [-0.39, 0.29) is 0 Å². The molecule has 31 heavy (non-hydrogen) atoms. The minimum atomic E-state index is 0.661. The van der Waals surface area contributed by atoms with E-state index in [9.17, 15) is 0 Å². The van der Waals surface area contributed by atoms with Crippen LogP contribution in [0.15, 0.2) is 77.4 Å². The zero-order chi connectivity index (χ0) is 21.3. The van der Waals surface area contributed by atoms with Gasteiger partial charge in [-0.15, -0.1) is 0 Å². The zero-order valence-corrected chi connectivity index (χ0v) is 18.5. The van der Waals surface area contributed by atoms with Gasteiger partial charge in [-0.05, 0) is 99.6 Å². The molecule has 6 heteroatoms. The summed E-state index contributed by atoms with van der Waals surface area (Å²) in [6, 6.07) is 21.5. The summed E-state index contributed by atoms with van der Waals surface area (Å²) in [5.41, 5.74) is 0.939. The van der Waals surface area contributed by atoms with E-state index in [0.717, 1.165) is 42.5 Å². The number of benzene rings is 2. The summed E-state index contributed by atoms with van der Waals surface area (Å²) in [5.74, 6) is 2.53. The molecular weight excluding hydrogens is 406 g/mol. The Labute approximate surface area is 189 Å². The Morgan fingerprint density at radius 2 is 1.71 bits per heavy atom. The number of likely N-dealkylation sites (tertiary alicyclic amines) is 1. The van der Waals surface area contributed by atoms with Gasteiger partial charge >= 0.3 is 0 Å². The lowest BCUT2D eigenvalue weighted by Crippen LogP contribution is -2.36. The third-order valence-corrected chi connectivity index (χ3v) is 5.76. The summed E-state index contributed by atoms with van der Waals surface area (Å²) in [5, 5.41) is 4.07. The van der Waals surface area contributed by atoms with E-state index in [4.69, 9.17) is 21.4 Å². The number of anilines is 1. The normalized spacial score (nSPS) is 13.8. The predicted molar refractivity (Wildman–Crippen MR) is 129 cm³/mol. The quantitative estimate of drug-likeness (QED) is 0.431. The molecule has 0 saturated carbocycles. The first kappa shape index (κ1) is 21.4. The van der Waals surface area contributed by atoms with Crippen LogP contribution in [0.3, 0.4) is 0 Å². The summed E-state index contributed by atoms with van der Waals surface area (Å²) < 4.78 is 11.4. The third-order valence-electron chi connectivity index (χ3n) is 5.40. The predicted octanol–water partition coefficient (Wildman–Crippen LogP) is 5.76. The lowest BCUT2D eigenvalue weighted by atomic mass is 10.3. The standard InChI is InChI=1S/C25H29N3O2S/c31-25(26-21-11-13-23(14-12-21)30-22-8-2-1-3-9-22)28(20-24-10-6-19-29-24)18-7-17-27-15-4-5-16-27/h1-3,6,8-14,19H,4-5,7,15-18,20H2,(H,26,31). The van der Waals surface area contributed by atoms with Gasteiger partial charge < -0.3 is 24.3 Å². The number of rotatable bonds is 9. The van der Waals surface area contributed by atoms with Gasteiger partial charge in [0.1, 0.15) is 17.3 Å². The zero-order valence-electron chi connectivity index (χ0n) is 17.7. The Kier molecular flexibility index (Phi) is 7.58. The molecule has 0 radical (unpaired) electrons. The Hall–Kier alpha value is -2.83. The van der Waals surface area contributed by atoms with Crippen molar-refractivity contribution in [3.63, 3.8) is 0 Å². The van der Waals surface area contributed by atoms with Crippen molar-refractivity contribution in [2.45, 2.75) is 25.8 Å². The van der Waals surface area contributed by atoms with E-state index in [1.807, 2.05) is 66.7 Å². The van der Waals surface area contributed by atoms with Crippen molar-refractivity contribution in [3.8, 4) is 11.5 Å². The van der Waals surface area contributed by atoms with Crippen molar-refractivity contribution in [1.29, 1.82) is 0 Å². The molecule has 1 aliphatic heterocycles. The molecule has 2 aromatic carbocycles. The molecule has 0 bridgehead atoms. The summed E-state index contributed by atoms with van der Waals surface area (Å²) in [6.45, 7) is 5.10. The van der Waals surface area contributed by atoms with Crippen LogP contribution in [0.25, 0.3) is 0 Å². The van der Waals surface area contributed by atoms with Gasteiger partial charge in [0.2, 0.25) is 0 Å². The first-order valence-electron chi connectivity index (χ1n) is 10.9. The highest BCUT2D eigenvalue weighted by Gasteiger charge is 2.15. The molecule has 2 heterocycles. The van der Waals surface area contributed by atoms with Gasteiger partial charge in [-0.1, -0.05) is 18.2 Å². The van der Waals surface area contributed by atoms with E-state index < -0.39 is 0 Å². The second-order valence-electron chi connectivity index (χ2n) is 7.77. The molecule has 1 saturated heterocycles. The maximum atomic E-state index is 5.87. The fourth-order valence-corrected chi connectivity index (χ4v) is 4.04. The highest BCUT2D eigenvalue weighted by molar-refractivity contribution is 7.80. The Balaban J connectivity index is 1.34. The minimum Gasteiger partial charge on any atom is -0.467 e. The molecule has 5 nitrogen and oxygen atoms in total. The molecular formula is C25H29N3O2S. The average molecular weight is 436 g/mol. The number of furan rings is 1. The van der Waals surface area contributed by atoms with Crippen LogP contribution < -0.4 is 10.1 Å². The van der Waals surface area contributed by atoms with Gasteiger partial charge in [-0.25, -0.2) is 0 Å². The molecule has 1 N–H and O–H groups in total. The fraction of sp³-hybridized carbons (Fsp3) is 0.320. The molecule has 4 rings (SSSR count). The first-order valence-corrected chi connectivity index (χ1v) is 11.3. The van der Waals surface area contributed by atoms with E-state index in [1.165, 1.54) is 25.9 Å². The fourth-order valence-electron chi connectivity index (χ4n) is 3.77. The summed E-state index contributed by atoms with van der Waals surface area (Å²) >= 11 is 5.74. The van der Waals surface area contributed by atoms with Crippen molar-refractivity contribution in [1.82, 2.24) is 9.80 Å². The molecule has 0 aliphatic carbocycles. The molecule has 0 unspecified atom stereocenters. The number of thiocarbonyl (C=S) groups is 1. The lowest BCUT2D eigenvalue weighted by Gasteiger charge is -2.26. The van der Waals surface area contributed by atoms with Gasteiger partial charge in [0, 0.05) is 12.2 Å². The van der Waals surface area contributed by atoms with E-state index in [2.05, 4.69) is 15.1 Å². The van der Waals surface area contributed by atoms with Crippen LogP contribution in [-0.4, -0.2) is 41.1 Å². The number of ether oxygens (including phenoxy) is 1. The number of para-hydroxylation sites is 1. The Morgan fingerprint density at radius 3 is 2.42 bits per heavy atom. The van der Waals surface area contributed by atoms with Gasteiger partial charge in [0.25, 0.3) is 0 Å². The monoisotopic (exact) mass is 435 g/mol. The lowest BCUT2D eigenvalue weighted by molar-refractivity contribution is 0.298. The Morgan fingerprint density at radius 1 is 0.968 bits per heavy atom. The van der Waals surface area contributed by atoms with Crippen molar-refractivity contribution in [3.05, 3.63) is 78.8 Å². The molecule has 1 fully saturated rings. The number of nitrogens with one attached hydrogen (secondary N) is 1. The van der Waals surface area contributed by atoms with Gasteiger partial charge in [0.15, 0.2) is 5.11 Å². The van der Waals surface area contributed by atoms with Crippen LogP contribution in [-0.2, 0) is 6.54 Å². The van der Waals surface area contributed by atoms with Crippen molar-refractivity contribution >= 4 is 23.0 Å². The average Bonchev–Trinajstić information content (AvgIpc) is 3.49. The van der Waals surface area contributed by atoms with Gasteiger partial charge in [0.05, 0.1) is 12.8 Å². The molecule has 3 aromatic rings. The topological polar surface area (TPSA) is 40.9 Å². The van der Waals surface area contributed by atoms with Gasteiger partial charge in [-0.2, -0.15) is 0 Å². The largest absolute Gasteiger partial charge is 0.467 e. The van der Waals surface area contributed by atoms with Crippen LogP contribution >= 0.6 is 12.2 Å². The highest BCUT2D eigenvalue weighted by Crippen LogP contribution is 2.23. The second kappa shape index (κ2) is 11.0. The molecule has 1 aromatic heterocycles. The number of hydrogen-bond donors (Lipinski definition) is 1. The molecule has 162 valence electrons. The highest BCUT2D eigenvalue weighted by atomic mass is 32.1. The van der Waals surface area contributed by atoms with Crippen LogP contribution in [0.1, 0.15) is 25.0 Å². The van der Waals surface area contributed by atoms with E-state index in [1.54, 1.807) is 6.26 Å². The first-order chi connectivity index (χ1) is 15.3. The summed E-state index contributed by atoms with van der Waals surface area (Å²) in [4.78, 5) is 4.71. The van der Waals surface area contributed by atoms with Gasteiger partial charge in [-0.3, -0.25) is 0 Å². The van der Waals surface area contributed by atoms with Crippen LogP contribution in [0.4, 0.5) is 5.69 Å². The smallest absolute Gasteiger partial charge is 0.173 e. The number of hydrogen-bond acceptors (Lipinski definition) is 4. The van der Waals surface area contributed by atoms with E-state index >= 15 is 0 Å². The maximum Gasteiger partial charge on any atom is 0.173 e. The van der Waals surface area contributed by atoms with Crippen LogP contribution in [0.2, 0.25) is 0 Å². The Bertz CT molecular complexity index is 923. The van der Waals surface area contributed by atoms with E-state index in [0.29, 0.717) is 11.7 Å². The van der Waals surface area contributed by atoms with Crippen molar-refractivity contribution in [2.24, 2.45) is 0 Å². The maximum absolute atomic E-state index is 5.87. The SMILES string of the molecule is S=C(Nc1ccc(Oc2ccccc2)cc1)N(CCCN1CCCC1)Cc1ccco1. The summed E-state index contributed by atoms with van der Waals surface area (Å²) in [6.07, 6.45) is 5.42. The summed E-state index contributed by atoms with van der Waals surface area (Å²) in [7, 11) is 0. The number of nitrogens with zero attached hydrogens (tertiary/aromatic N) is 2. The molecule has 1 aliphatic rings. The van der Waals surface area contributed by atoms with Crippen molar-refractivity contribution < 1.29 is 9.15 Å². The molecule has 0 atom stereocenters. The molecule has 0 spiro atoms. The second-order valence-corrected chi connectivity index (χ2v) is 8.16. The molecule has 0 amide bonds. The van der Waals surface area contributed by atoms with Crippen molar-refractivity contribution in [2.75, 3.05) is 31.5 Å². The van der Waals surface area contributed by atoms with Crippen LogP contribution in [0.5, 0.6) is 11.5 Å². The van der Waals surface area contributed by atoms with Crippen LogP contribution in [0, 0.1) is 0 Å². The minimum absolute atomic E-state index is 0.661. The third kappa shape index (κ3) is 6.57.